The Morgan fingerprint density at radius 3 is 2.82 bits per heavy atom. The van der Waals surface area contributed by atoms with Crippen LogP contribution in [-0.4, -0.2) is 21.1 Å². The van der Waals surface area contributed by atoms with Crippen molar-refractivity contribution in [1.29, 1.82) is 0 Å². The molecule has 2 N–H and O–H groups in total. The van der Waals surface area contributed by atoms with E-state index in [1.54, 1.807) is 0 Å². The number of imidazole rings is 1. The molecule has 0 saturated heterocycles. The monoisotopic (exact) mass is 232 g/mol. The predicted octanol–water partition coefficient (Wildman–Crippen LogP) is 2.03. The zero-order valence-corrected chi connectivity index (χ0v) is 10.4. The van der Waals surface area contributed by atoms with Gasteiger partial charge in [0.15, 0.2) is 5.65 Å². The fourth-order valence-corrected chi connectivity index (χ4v) is 2.08. The Balaban J connectivity index is 1.97. The van der Waals surface area contributed by atoms with Crippen LogP contribution in [0.4, 0.5) is 0 Å². The lowest BCUT2D eigenvalue weighted by molar-refractivity contribution is 0.627. The Morgan fingerprint density at radius 1 is 1.24 bits per heavy atom. The zero-order valence-electron chi connectivity index (χ0n) is 10.4. The van der Waals surface area contributed by atoms with E-state index in [2.05, 4.69) is 14.5 Å². The molecule has 2 heterocycles. The number of fused-ring (bicyclic) bond motifs is 1. The lowest BCUT2D eigenvalue weighted by atomic mass is 10.1. The lowest BCUT2D eigenvalue weighted by Gasteiger charge is -2.01. The van der Waals surface area contributed by atoms with Crippen LogP contribution in [0.25, 0.3) is 11.2 Å². The third kappa shape index (κ3) is 2.82. The smallest absolute Gasteiger partial charge is 0.159 e. The molecule has 0 fully saturated rings. The summed E-state index contributed by atoms with van der Waals surface area (Å²) >= 11 is 0. The van der Waals surface area contributed by atoms with Crippen molar-refractivity contribution < 1.29 is 0 Å². The summed E-state index contributed by atoms with van der Waals surface area (Å²) < 4.78 is 2.10. The average Bonchev–Trinajstić information content (AvgIpc) is 2.67. The van der Waals surface area contributed by atoms with Gasteiger partial charge in [0.25, 0.3) is 0 Å². The van der Waals surface area contributed by atoms with E-state index in [4.69, 9.17) is 5.73 Å². The molecule has 2 rings (SSSR count). The first kappa shape index (κ1) is 12.0. The third-order valence-electron chi connectivity index (χ3n) is 3.07. The van der Waals surface area contributed by atoms with E-state index in [-0.39, 0.29) is 0 Å². The molecule has 0 aliphatic rings. The minimum atomic E-state index is 0.802. The molecule has 4 heteroatoms. The van der Waals surface area contributed by atoms with Gasteiger partial charge in [-0.25, -0.2) is 9.97 Å². The highest BCUT2D eigenvalue weighted by atomic mass is 15.1. The third-order valence-corrected chi connectivity index (χ3v) is 3.07. The molecular weight excluding hydrogens is 212 g/mol. The molecule has 17 heavy (non-hydrogen) atoms. The molecule has 0 aromatic carbocycles. The zero-order chi connectivity index (χ0) is 12.1. The largest absolute Gasteiger partial charge is 0.330 e. The fraction of sp³-hybridized carbons (Fsp3) is 0.538. The van der Waals surface area contributed by atoms with Crippen molar-refractivity contribution in [3.8, 4) is 0 Å². The average molecular weight is 232 g/mol. The van der Waals surface area contributed by atoms with E-state index in [0.29, 0.717) is 0 Å². The SMILES string of the molecule is Cn1c(CCCCCCN)nc2cccnc21. The maximum Gasteiger partial charge on any atom is 0.159 e. The van der Waals surface area contributed by atoms with Crippen LogP contribution in [0.15, 0.2) is 18.3 Å². The van der Waals surface area contributed by atoms with Crippen molar-refractivity contribution in [2.45, 2.75) is 32.1 Å². The number of rotatable bonds is 6. The van der Waals surface area contributed by atoms with E-state index < -0.39 is 0 Å². The highest BCUT2D eigenvalue weighted by molar-refractivity contribution is 5.70. The number of aryl methyl sites for hydroxylation is 2. The Kier molecular flexibility index (Phi) is 4.09. The standard InChI is InChI=1S/C13H20N4/c1-17-12(8-4-2-3-5-9-14)16-11-7-6-10-15-13(11)17/h6-7,10H,2-5,8-9,14H2,1H3. The van der Waals surface area contributed by atoms with Crippen molar-refractivity contribution in [1.82, 2.24) is 14.5 Å². The Labute approximate surface area is 102 Å². The number of pyridine rings is 1. The number of nitrogens with two attached hydrogens (primary N) is 1. The van der Waals surface area contributed by atoms with Crippen molar-refractivity contribution in [2.75, 3.05) is 6.54 Å². The number of nitrogens with zero attached hydrogens (tertiary/aromatic N) is 3. The molecular formula is C13H20N4. The quantitative estimate of drug-likeness (QED) is 0.775. The highest BCUT2D eigenvalue weighted by Gasteiger charge is 2.07. The highest BCUT2D eigenvalue weighted by Crippen LogP contribution is 2.13. The fourth-order valence-electron chi connectivity index (χ4n) is 2.08. The molecule has 0 aliphatic heterocycles. The van der Waals surface area contributed by atoms with E-state index in [1.807, 2.05) is 25.4 Å². The van der Waals surface area contributed by atoms with Crippen LogP contribution in [0, 0.1) is 0 Å². The summed E-state index contributed by atoms with van der Waals surface area (Å²) in [4.78, 5) is 8.95. The summed E-state index contributed by atoms with van der Waals surface area (Å²) in [5.41, 5.74) is 7.44. The van der Waals surface area contributed by atoms with Gasteiger partial charge in [0.2, 0.25) is 0 Å². The maximum absolute atomic E-state index is 5.47. The number of hydrogen-bond acceptors (Lipinski definition) is 3. The molecule has 0 spiro atoms. The normalized spacial score (nSPS) is 11.2. The summed E-state index contributed by atoms with van der Waals surface area (Å²) in [6, 6.07) is 3.95. The van der Waals surface area contributed by atoms with Crippen LogP contribution in [0.3, 0.4) is 0 Å². The lowest BCUT2D eigenvalue weighted by Crippen LogP contribution is -2.00. The Hall–Kier alpha value is -1.42. The molecule has 0 atom stereocenters. The van der Waals surface area contributed by atoms with Gasteiger partial charge in [-0.2, -0.15) is 0 Å². The minimum absolute atomic E-state index is 0.802. The number of hydrogen-bond donors (Lipinski definition) is 1. The summed E-state index contributed by atoms with van der Waals surface area (Å²) in [6.45, 7) is 0.802. The molecule has 2 aromatic heterocycles. The van der Waals surface area contributed by atoms with Crippen molar-refractivity contribution >= 4 is 11.2 Å². The topological polar surface area (TPSA) is 56.7 Å². The molecule has 0 aliphatic carbocycles. The van der Waals surface area contributed by atoms with Gasteiger partial charge in [0.1, 0.15) is 11.3 Å². The van der Waals surface area contributed by atoms with Gasteiger partial charge in [-0.3, -0.25) is 0 Å². The second kappa shape index (κ2) is 5.77. The van der Waals surface area contributed by atoms with Crippen LogP contribution in [-0.2, 0) is 13.5 Å². The summed E-state index contributed by atoms with van der Waals surface area (Å²) in [5.74, 6) is 1.13. The Bertz CT molecular complexity index is 475. The number of aromatic nitrogens is 3. The van der Waals surface area contributed by atoms with Crippen LogP contribution in [0.5, 0.6) is 0 Å². The van der Waals surface area contributed by atoms with Crippen LogP contribution in [0.1, 0.15) is 31.5 Å². The minimum Gasteiger partial charge on any atom is -0.330 e. The van der Waals surface area contributed by atoms with Crippen LogP contribution in [0.2, 0.25) is 0 Å². The van der Waals surface area contributed by atoms with Crippen molar-refractivity contribution in [3.63, 3.8) is 0 Å². The van der Waals surface area contributed by atoms with Gasteiger partial charge >= 0.3 is 0 Å². The second-order valence-corrected chi connectivity index (χ2v) is 4.39. The first-order chi connectivity index (χ1) is 8.33. The Morgan fingerprint density at radius 2 is 2.06 bits per heavy atom. The van der Waals surface area contributed by atoms with E-state index in [0.717, 1.165) is 36.4 Å². The van der Waals surface area contributed by atoms with Gasteiger partial charge in [-0.15, -0.1) is 0 Å². The second-order valence-electron chi connectivity index (χ2n) is 4.39. The number of unbranched alkanes of at least 4 members (excludes halogenated alkanes) is 3. The van der Waals surface area contributed by atoms with E-state index >= 15 is 0 Å². The predicted molar refractivity (Wildman–Crippen MR) is 69.7 cm³/mol. The molecule has 0 bridgehead atoms. The molecule has 92 valence electrons. The molecule has 2 aromatic rings. The molecule has 0 unspecified atom stereocenters. The van der Waals surface area contributed by atoms with Gasteiger partial charge in [-0.1, -0.05) is 12.8 Å². The van der Waals surface area contributed by atoms with Crippen molar-refractivity contribution in [3.05, 3.63) is 24.2 Å². The maximum atomic E-state index is 5.47. The molecule has 4 nitrogen and oxygen atoms in total. The van der Waals surface area contributed by atoms with Crippen molar-refractivity contribution in [2.24, 2.45) is 12.8 Å². The molecule has 0 saturated carbocycles. The van der Waals surface area contributed by atoms with Gasteiger partial charge in [-0.05, 0) is 31.5 Å². The van der Waals surface area contributed by atoms with Gasteiger partial charge in [0.05, 0.1) is 0 Å². The summed E-state index contributed by atoms with van der Waals surface area (Å²) in [5, 5.41) is 0. The van der Waals surface area contributed by atoms with Gasteiger partial charge < -0.3 is 10.3 Å². The van der Waals surface area contributed by atoms with Gasteiger partial charge in [0, 0.05) is 19.7 Å². The van der Waals surface area contributed by atoms with E-state index in [1.165, 1.54) is 19.3 Å². The summed E-state index contributed by atoms with van der Waals surface area (Å²) in [7, 11) is 2.04. The first-order valence-corrected chi connectivity index (χ1v) is 6.29. The van der Waals surface area contributed by atoms with Crippen LogP contribution >= 0.6 is 0 Å². The first-order valence-electron chi connectivity index (χ1n) is 6.29. The molecule has 0 radical (unpaired) electrons. The summed E-state index contributed by atoms with van der Waals surface area (Å²) in [6.07, 6.45) is 7.60. The van der Waals surface area contributed by atoms with E-state index in [9.17, 15) is 0 Å². The molecule has 0 amide bonds. The van der Waals surface area contributed by atoms with Crippen LogP contribution < -0.4 is 5.73 Å².